The van der Waals surface area contributed by atoms with Crippen LogP contribution in [0.3, 0.4) is 0 Å². The average molecular weight is 261 g/mol. The van der Waals surface area contributed by atoms with Gasteiger partial charge in [-0.2, -0.15) is 0 Å². The maximum Gasteiger partial charge on any atom is 0.123 e. The fourth-order valence-corrected chi connectivity index (χ4v) is 2.66. The third-order valence-corrected chi connectivity index (χ3v) is 3.68. The number of halogens is 1. The summed E-state index contributed by atoms with van der Waals surface area (Å²) >= 11 is 0. The van der Waals surface area contributed by atoms with E-state index in [1.165, 1.54) is 28.3 Å². The predicted octanol–water partition coefficient (Wildman–Crippen LogP) is 5.13. The quantitative estimate of drug-likeness (QED) is 0.489. The summed E-state index contributed by atoms with van der Waals surface area (Å²) in [6.45, 7) is 0. The maximum absolute atomic E-state index is 13.0. The molecule has 96 valence electrons. The van der Waals surface area contributed by atoms with Gasteiger partial charge in [-0.1, -0.05) is 36.4 Å². The Balaban J connectivity index is 1.98. The van der Waals surface area contributed by atoms with E-state index in [4.69, 9.17) is 0 Å². The predicted molar refractivity (Wildman–Crippen MR) is 81.2 cm³/mol. The monoisotopic (exact) mass is 261 g/mol. The minimum Gasteiger partial charge on any atom is -0.354 e. The molecule has 0 fully saturated rings. The molecule has 0 aliphatic carbocycles. The first kappa shape index (κ1) is 11.2. The van der Waals surface area contributed by atoms with Gasteiger partial charge < -0.3 is 4.98 Å². The number of H-pyrrole nitrogens is 1. The average Bonchev–Trinajstić information content (AvgIpc) is 2.92. The van der Waals surface area contributed by atoms with E-state index in [0.717, 1.165) is 16.8 Å². The molecule has 0 saturated carbocycles. The molecule has 2 heteroatoms. The number of nitrogens with one attached hydrogen (secondary N) is 1. The summed E-state index contributed by atoms with van der Waals surface area (Å²) in [4.78, 5) is 3.45. The molecule has 0 saturated heterocycles. The van der Waals surface area contributed by atoms with Gasteiger partial charge in [-0.15, -0.1) is 0 Å². The van der Waals surface area contributed by atoms with Crippen molar-refractivity contribution in [3.8, 4) is 11.3 Å². The van der Waals surface area contributed by atoms with E-state index >= 15 is 0 Å². The first-order chi connectivity index (χ1) is 9.81. The summed E-state index contributed by atoms with van der Waals surface area (Å²) in [5.41, 5.74) is 3.13. The van der Waals surface area contributed by atoms with Crippen LogP contribution in [0.25, 0.3) is 32.9 Å². The van der Waals surface area contributed by atoms with E-state index in [2.05, 4.69) is 35.3 Å². The van der Waals surface area contributed by atoms with Gasteiger partial charge in [0, 0.05) is 16.5 Å². The fourth-order valence-electron chi connectivity index (χ4n) is 2.66. The lowest BCUT2D eigenvalue weighted by molar-refractivity contribution is 0.628. The summed E-state index contributed by atoms with van der Waals surface area (Å²) < 4.78 is 13.0. The van der Waals surface area contributed by atoms with Crippen LogP contribution in [0.4, 0.5) is 4.39 Å². The number of aromatic nitrogens is 1. The van der Waals surface area contributed by atoms with Crippen molar-refractivity contribution in [1.82, 2.24) is 4.98 Å². The molecule has 0 amide bonds. The first-order valence-electron chi connectivity index (χ1n) is 6.58. The second-order valence-corrected chi connectivity index (χ2v) is 4.94. The second kappa shape index (κ2) is 4.20. The van der Waals surface area contributed by atoms with Crippen molar-refractivity contribution < 1.29 is 4.39 Å². The van der Waals surface area contributed by atoms with Gasteiger partial charge in [0.1, 0.15) is 5.82 Å². The van der Waals surface area contributed by atoms with Gasteiger partial charge in [-0.25, -0.2) is 4.39 Å². The highest BCUT2D eigenvalue weighted by molar-refractivity contribution is 6.07. The Kier molecular flexibility index (Phi) is 2.36. The number of hydrogen-bond acceptors (Lipinski definition) is 0. The van der Waals surface area contributed by atoms with Gasteiger partial charge in [0.2, 0.25) is 0 Å². The lowest BCUT2D eigenvalue weighted by Gasteiger charge is -1.99. The van der Waals surface area contributed by atoms with E-state index in [9.17, 15) is 4.39 Å². The number of aromatic amines is 1. The van der Waals surface area contributed by atoms with Crippen LogP contribution < -0.4 is 0 Å². The molecule has 0 atom stereocenters. The van der Waals surface area contributed by atoms with Crippen LogP contribution >= 0.6 is 0 Å². The number of benzene rings is 3. The smallest absolute Gasteiger partial charge is 0.123 e. The molecule has 3 aromatic carbocycles. The third-order valence-electron chi connectivity index (χ3n) is 3.68. The molecule has 4 aromatic rings. The molecule has 1 aromatic heterocycles. The molecular weight excluding hydrogens is 249 g/mol. The third kappa shape index (κ3) is 1.69. The Morgan fingerprint density at radius 3 is 2.35 bits per heavy atom. The molecule has 1 nitrogen and oxygen atoms in total. The van der Waals surface area contributed by atoms with Gasteiger partial charge >= 0.3 is 0 Å². The fraction of sp³-hybridized carbons (Fsp3) is 0. The van der Waals surface area contributed by atoms with E-state index in [1.807, 2.05) is 12.1 Å². The molecule has 0 spiro atoms. The van der Waals surface area contributed by atoms with Gasteiger partial charge in [0.15, 0.2) is 0 Å². The van der Waals surface area contributed by atoms with Crippen LogP contribution in [0.15, 0.2) is 66.7 Å². The zero-order valence-corrected chi connectivity index (χ0v) is 10.7. The highest BCUT2D eigenvalue weighted by Crippen LogP contribution is 2.29. The Bertz CT molecular complexity index is 904. The van der Waals surface area contributed by atoms with E-state index < -0.39 is 0 Å². The largest absolute Gasteiger partial charge is 0.354 e. The SMILES string of the molecule is Fc1ccc(-c2cc3ccc4ccccc4c3[nH]2)cc1. The zero-order chi connectivity index (χ0) is 13.5. The van der Waals surface area contributed by atoms with Crippen LogP contribution in [0.1, 0.15) is 0 Å². The van der Waals surface area contributed by atoms with Crippen molar-refractivity contribution >= 4 is 21.7 Å². The Morgan fingerprint density at radius 1 is 0.750 bits per heavy atom. The van der Waals surface area contributed by atoms with Crippen LogP contribution in [-0.4, -0.2) is 4.98 Å². The van der Waals surface area contributed by atoms with Crippen molar-refractivity contribution in [2.75, 3.05) is 0 Å². The molecule has 20 heavy (non-hydrogen) atoms. The minimum absolute atomic E-state index is 0.213. The summed E-state index contributed by atoms with van der Waals surface area (Å²) in [5.74, 6) is -0.213. The Morgan fingerprint density at radius 2 is 1.50 bits per heavy atom. The van der Waals surface area contributed by atoms with Crippen LogP contribution in [0.5, 0.6) is 0 Å². The minimum atomic E-state index is -0.213. The highest BCUT2D eigenvalue weighted by Gasteiger charge is 2.06. The van der Waals surface area contributed by atoms with Crippen molar-refractivity contribution in [1.29, 1.82) is 0 Å². The number of hydrogen-bond donors (Lipinski definition) is 1. The molecule has 4 rings (SSSR count). The normalized spacial score (nSPS) is 11.2. The topological polar surface area (TPSA) is 15.8 Å². The molecule has 0 aliphatic heterocycles. The Hall–Kier alpha value is -2.61. The lowest BCUT2D eigenvalue weighted by Crippen LogP contribution is -1.78. The number of fused-ring (bicyclic) bond motifs is 3. The van der Waals surface area contributed by atoms with Gasteiger partial charge in [-0.05, 0) is 41.3 Å². The van der Waals surface area contributed by atoms with Crippen LogP contribution in [-0.2, 0) is 0 Å². The maximum atomic E-state index is 13.0. The van der Waals surface area contributed by atoms with Crippen LogP contribution in [0, 0.1) is 5.82 Å². The highest BCUT2D eigenvalue weighted by atomic mass is 19.1. The van der Waals surface area contributed by atoms with Crippen LogP contribution in [0.2, 0.25) is 0 Å². The number of rotatable bonds is 1. The van der Waals surface area contributed by atoms with Gasteiger partial charge in [0.25, 0.3) is 0 Å². The van der Waals surface area contributed by atoms with Gasteiger partial charge in [0.05, 0.1) is 5.52 Å². The summed E-state index contributed by atoms with van der Waals surface area (Å²) in [6, 6.07) is 21.2. The van der Waals surface area contributed by atoms with Crippen molar-refractivity contribution in [3.05, 3.63) is 72.5 Å². The molecular formula is C18H12FN. The van der Waals surface area contributed by atoms with Crippen molar-refractivity contribution in [3.63, 3.8) is 0 Å². The molecule has 0 unspecified atom stereocenters. The molecule has 1 N–H and O–H groups in total. The van der Waals surface area contributed by atoms with Gasteiger partial charge in [-0.3, -0.25) is 0 Å². The summed E-state index contributed by atoms with van der Waals surface area (Å²) in [7, 11) is 0. The van der Waals surface area contributed by atoms with E-state index in [-0.39, 0.29) is 5.82 Å². The van der Waals surface area contributed by atoms with Crippen molar-refractivity contribution in [2.24, 2.45) is 0 Å². The standard InChI is InChI=1S/C18H12FN/c19-15-9-7-13(8-10-15)17-11-14-6-5-12-3-1-2-4-16(12)18(14)20-17/h1-11,20H. The Labute approximate surface area is 115 Å². The molecule has 0 bridgehead atoms. The first-order valence-corrected chi connectivity index (χ1v) is 6.58. The van der Waals surface area contributed by atoms with E-state index in [1.54, 1.807) is 12.1 Å². The molecule has 0 radical (unpaired) electrons. The molecule has 1 heterocycles. The summed E-state index contributed by atoms with van der Waals surface area (Å²) in [5, 5.41) is 3.59. The second-order valence-electron chi connectivity index (χ2n) is 4.94. The van der Waals surface area contributed by atoms with Crippen molar-refractivity contribution in [2.45, 2.75) is 0 Å². The zero-order valence-electron chi connectivity index (χ0n) is 10.7. The summed E-state index contributed by atoms with van der Waals surface area (Å²) in [6.07, 6.45) is 0. The molecule has 0 aliphatic rings. The lowest BCUT2D eigenvalue weighted by atomic mass is 10.1. The van der Waals surface area contributed by atoms with E-state index in [0.29, 0.717) is 0 Å².